The summed E-state index contributed by atoms with van der Waals surface area (Å²) in [5.74, 6) is 7.07. The summed E-state index contributed by atoms with van der Waals surface area (Å²) in [4.78, 5) is 8.55. The number of hydrogen-bond acceptors (Lipinski definition) is 6. The van der Waals surface area contributed by atoms with Gasteiger partial charge >= 0.3 is 0 Å². The molecule has 0 amide bonds. The predicted octanol–water partition coefficient (Wildman–Crippen LogP) is 1.69. The summed E-state index contributed by atoms with van der Waals surface area (Å²) in [5.41, 5.74) is 3.59. The molecule has 6 nitrogen and oxygen atoms in total. The van der Waals surface area contributed by atoms with Crippen LogP contribution in [-0.2, 0) is 11.2 Å². The highest BCUT2D eigenvalue weighted by Gasteiger charge is 2.37. The Bertz CT molecular complexity index is 439. The van der Waals surface area contributed by atoms with Gasteiger partial charge in [-0.2, -0.15) is 0 Å². The largest absolute Gasteiger partial charge is 0.376 e. The van der Waals surface area contributed by atoms with Crippen LogP contribution in [0.1, 0.15) is 39.2 Å². The third-order valence-electron chi connectivity index (χ3n) is 3.87. The fourth-order valence-electron chi connectivity index (χ4n) is 2.40. The van der Waals surface area contributed by atoms with Gasteiger partial charge in [-0.3, -0.25) is 0 Å². The second kappa shape index (κ2) is 5.71. The fourth-order valence-corrected chi connectivity index (χ4v) is 2.40. The summed E-state index contributed by atoms with van der Waals surface area (Å²) in [5, 5.41) is 3.52. The molecule has 6 heteroatoms. The Balaban J connectivity index is 2.29. The van der Waals surface area contributed by atoms with Crippen molar-refractivity contribution in [2.24, 2.45) is 5.84 Å². The molecule has 4 N–H and O–H groups in total. The summed E-state index contributed by atoms with van der Waals surface area (Å²) in [6, 6.07) is 0. The van der Waals surface area contributed by atoms with Crippen molar-refractivity contribution in [2.45, 2.75) is 51.7 Å². The number of hydrazine groups is 1. The average molecular weight is 265 g/mol. The van der Waals surface area contributed by atoms with Gasteiger partial charge in [0.15, 0.2) is 0 Å². The highest BCUT2D eigenvalue weighted by Crippen LogP contribution is 2.31. The SMILES string of the molecule is CCCc1c(NN)ncnc1NC1(C)CCOC1C. The molecule has 2 heterocycles. The summed E-state index contributed by atoms with van der Waals surface area (Å²) in [7, 11) is 0. The molecular weight excluding hydrogens is 242 g/mol. The molecule has 1 aromatic rings. The van der Waals surface area contributed by atoms with E-state index in [0.29, 0.717) is 5.82 Å². The topological polar surface area (TPSA) is 85.1 Å². The minimum atomic E-state index is -0.0945. The molecule has 19 heavy (non-hydrogen) atoms. The van der Waals surface area contributed by atoms with Crippen LogP contribution in [0.2, 0.25) is 0 Å². The molecule has 1 fully saturated rings. The van der Waals surface area contributed by atoms with Crippen molar-refractivity contribution >= 4 is 11.6 Å². The van der Waals surface area contributed by atoms with E-state index in [9.17, 15) is 0 Å². The molecule has 2 unspecified atom stereocenters. The van der Waals surface area contributed by atoms with E-state index >= 15 is 0 Å². The van der Waals surface area contributed by atoms with Gasteiger partial charge in [0.05, 0.1) is 11.6 Å². The van der Waals surface area contributed by atoms with Crippen LogP contribution in [0, 0.1) is 0 Å². The zero-order valence-corrected chi connectivity index (χ0v) is 11.9. The molecule has 1 aliphatic heterocycles. The third-order valence-corrected chi connectivity index (χ3v) is 3.87. The molecule has 0 aliphatic carbocycles. The van der Waals surface area contributed by atoms with E-state index in [2.05, 4.69) is 41.5 Å². The Morgan fingerprint density at radius 2 is 2.21 bits per heavy atom. The molecule has 0 spiro atoms. The molecule has 0 radical (unpaired) electrons. The van der Waals surface area contributed by atoms with Gasteiger partial charge in [0.2, 0.25) is 0 Å². The van der Waals surface area contributed by atoms with E-state index < -0.39 is 0 Å². The molecule has 1 aromatic heterocycles. The number of nitrogens with two attached hydrogens (primary N) is 1. The Morgan fingerprint density at radius 3 is 2.79 bits per heavy atom. The quantitative estimate of drug-likeness (QED) is 0.555. The van der Waals surface area contributed by atoms with E-state index in [0.717, 1.165) is 37.3 Å². The Hall–Kier alpha value is -1.40. The minimum Gasteiger partial charge on any atom is -0.376 e. The van der Waals surface area contributed by atoms with Crippen LogP contribution < -0.4 is 16.6 Å². The van der Waals surface area contributed by atoms with E-state index in [4.69, 9.17) is 10.6 Å². The first-order valence-corrected chi connectivity index (χ1v) is 6.81. The Kier molecular flexibility index (Phi) is 4.21. The smallest absolute Gasteiger partial charge is 0.148 e. The lowest BCUT2D eigenvalue weighted by molar-refractivity contribution is 0.105. The predicted molar refractivity (Wildman–Crippen MR) is 75.9 cm³/mol. The molecule has 1 saturated heterocycles. The Morgan fingerprint density at radius 1 is 1.47 bits per heavy atom. The highest BCUT2D eigenvalue weighted by atomic mass is 16.5. The van der Waals surface area contributed by atoms with E-state index in [1.165, 1.54) is 6.33 Å². The maximum absolute atomic E-state index is 5.65. The zero-order valence-electron chi connectivity index (χ0n) is 11.9. The summed E-state index contributed by atoms with van der Waals surface area (Å²) < 4.78 is 5.65. The Labute approximate surface area is 114 Å². The third kappa shape index (κ3) is 2.79. The number of nitrogens with zero attached hydrogens (tertiary/aromatic N) is 2. The first-order valence-electron chi connectivity index (χ1n) is 6.81. The first-order chi connectivity index (χ1) is 9.10. The van der Waals surface area contributed by atoms with Gasteiger partial charge in [-0.25, -0.2) is 15.8 Å². The molecule has 2 rings (SSSR count). The van der Waals surface area contributed by atoms with Crippen molar-refractivity contribution in [1.29, 1.82) is 0 Å². The molecule has 0 bridgehead atoms. The summed E-state index contributed by atoms with van der Waals surface area (Å²) in [6.07, 6.45) is 4.55. The lowest BCUT2D eigenvalue weighted by atomic mass is 9.94. The van der Waals surface area contributed by atoms with Crippen molar-refractivity contribution in [3.63, 3.8) is 0 Å². The first kappa shape index (κ1) is 14.0. The van der Waals surface area contributed by atoms with Crippen molar-refractivity contribution in [3.05, 3.63) is 11.9 Å². The summed E-state index contributed by atoms with van der Waals surface area (Å²) in [6.45, 7) is 7.15. The lowest BCUT2D eigenvalue weighted by Gasteiger charge is -2.30. The number of nitrogens with one attached hydrogen (secondary N) is 2. The maximum Gasteiger partial charge on any atom is 0.148 e. The molecular formula is C13H23N5O. The molecule has 0 saturated carbocycles. The van der Waals surface area contributed by atoms with Crippen LogP contribution in [0.4, 0.5) is 11.6 Å². The number of aromatic nitrogens is 2. The lowest BCUT2D eigenvalue weighted by Crippen LogP contribution is -2.41. The second-order valence-electron chi connectivity index (χ2n) is 5.25. The van der Waals surface area contributed by atoms with Crippen LogP contribution in [0.25, 0.3) is 0 Å². The van der Waals surface area contributed by atoms with Gasteiger partial charge < -0.3 is 15.5 Å². The van der Waals surface area contributed by atoms with E-state index in [-0.39, 0.29) is 11.6 Å². The second-order valence-corrected chi connectivity index (χ2v) is 5.25. The fraction of sp³-hybridized carbons (Fsp3) is 0.692. The van der Waals surface area contributed by atoms with Crippen LogP contribution in [0.5, 0.6) is 0 Å². The molecule has 2 atom stereocenters. The average Bonchev–Trinajstić information content (AvgIpc) is 2.72. The number of nitrogen functional groups attached to an aromatic ring is 1. The number of ether oxygens (including phenoxy) is 1. The van der Waals surface area contributed by atoms with Crippen molar-refractivity contribution in [3.8, 4) is 0 Å². The van der Waals surface area contributed by atoms with Crippen LogP contribution in [-0.4, -0.2) is 28.2 Å². The monoisotopic (exact) mass is 265 g/mol. The van der Waals surface area contributed by atoms with Crippen molar-refractivity contribution in [2.75, 3.05) is 17.3 Å². The zero-order chi connectivity index (χ0) is 13.9. The highest BCUT2D eigenvalue weighted by molar-refractivity contribution is 5.58. The standard InChI is InChI=1S/C13H23N5O/c1-4-5-10-11(15-8-16-12(10)18-14)17-13(3)6-7-19-9(13)2/h8-9H,4-7,14H2,1-3H3,(H2,15,16,17,18). The van der Waals surface area contributed by atoms with Crippen LogP contribution >= 0.6 is 0 Å². The van der Waals surface area contributed by atoms with Gasteiger partial charge in [0.25, 0.3) is 0 Å². The maximum atomic E-state index is 5.65. The van der Waals surface area contributed by atoms with Crippen LogP contribution in [0.3, 0.4) is 0 Å². The van der Waals surface area contributed by atoms with Gasteiger partial charge in [-0.1, -0.05) is 13.3 Å². The van der Waals surface area contributed by atoms with Gasteiger partial charge in [0, 0.05) is 12.2 Å². The van der Waals surface area contributed by atoms with Gasteiger partial charge in [-0.05, 0) is 26.7 Å². The number of anilines is 2. The molecule has 1 aliphatic rings. The van der Waals surface area contributed by atoms with E-state index in [1.54, 1.807) is 0 Å². The van der Waals surface area contributed by atoms with Crippen LogP contribution in [0.15, 0.2) is 6.33 Å². The normalized spacial score (nSPS) is 26.4. The van der Waals surface area contributed by atoms with Crippen molar-refractivity contribution < 1.29 is 4.74 Å². The van der Waals surface area contributed by atoms with Crippen molar-refractivity contribution in [1.82, 2.24) is 9.97 Å². The number of rotatable bonds is 5. The van der Waals surface area contributed by atoms with Gasteiger partial charge in [-0.15, -0.1) is 0 Å². The van der Waals surface area contributed by atoms with Gasteiger partial charge in [0.1, 0.15) is 18.0 Å². The summed E-state index contributed by atoms with van der Waals surface area (Å²) >= 11 is 0. The number of hydrogen-bond donors (Lipinski definition) is 3. The molecule has 106 valence electrons. The molecule has 0 aromatic carbocycles. The minimum absolute atomic E-state index is 0.0945. The van der Waals surface area contributed by atoms with E-state index in [1.807, 2.05) is 0 Å².